The fraction of sp³-hybridized carbons (Fsp3) is 0.278. The van der Waals surface area contributed by atoms with Gasteiger partial charge in [0.1, 0.15) is 16.4 Å². The molecule has 0 saturated heterocycles. The summed E-state index contributed by atoms with van der Waals surface area (Å²) < 4.78 is 39.5. The predicted octanol–water partition coefficient (Wildman–Crippen LogP) is 4.07. The number of fused-ring (bicyclic) bond motifs is 1. The van der Waals surface area contributed by atoms with Crippen molar-refractivity contribution in [3.05, 3.63) is 41.4 Å². The normalized spacial score (nSPS) is 11.5. The van der Waals surface area contributed by atoms with Crippen LogP contribution in [0.2, 0.25) is 0 Å². The minimum atomic E-state index is -3.83. The van der Waals surface area contributed by atoms with Gasteiger partial charge in [0.2, 0.25) is 0 Å². The second-order valence-electron chi connectivity index (χ2n) is 5.66. The van der Waals surface area contributed by atoms with Gasteiger partial charge < -0.3 is 9.47 Å². The monoisotopic (exact) mass is 392 g/mol. The van der Waals surface area contributed by atoms with Crippen molar-refractivity contribution in [2.45, 2.75) is 24.7 Å². The molecule has 0 aliphatic heterocycles. The number of anilines is 1. The lowest BCUT2D eigenvalue weighted by molar-refractivity contribution is 0.392. The summed E-state index contributed by atoms with van der Waals surface area (Å²) >= 11 is 1.58. The molecule has 0 bridgehead atoms. The Morgan fingerprint density at radius 1 is 1.12 bits per heavy atom. The number of sulfonamides is 1. The molecule has 26 heavy (non-hydrogen) atoms. The number of aryl methyl sites for hydroxylation is 1. The zero-order valence-electron chi connectivity index (χ0n) is 14.8. The summed E-state index contributed by atoms with van der Waals surface area (Å²) in [6.45, 7) is 2.10. The quantitative estimate of drug-likeness (QED) is 0.656. The molecule has 6 nitrogen and oxygen atoms in total. The van der Waals surface area contributed by atoms with Crippen LogP contribution in [0, 0.1) is 0 Å². The average molecular weight is 393 g/mol. The smallest absolute Gasteiger partial charge is 0.265 e. The van der Waals surface area contributed by atoms with Gasteiger partial charge in [-0.2, -0.15) is 0 Å². The van der Waals surface area contributed by atoms with Crippen LogP contribution in [0.4, 0.5) is 5.69 Å². The van der Waals surface area contributed by atoms with E-state index in [0.29, 0.717) is 11.4 Å². The molecule has 0 aliphatic carbocycles. The van der Waals surface area contributed by atoms with Crippen molar-refractivity contribution in [3.8, 4) is 11.5 Å². The maximum atomic E-state index is 12.8. The van der Waals surface area contributed by atoms with Gasteiger partial charge in [0.15, 0.2) is 0 Å². The van der Waals surface area contributed by atoms with Crippen LogP contribution >= 0.6 is 11.3 Å². The van der Waals surface area contributed by atoms with Crippen molar-refractivity contribution < 1.29 is 17.9 Å². The van der Waals surface area contributed by atoms with Crippen LogP contribution in [0.25, 0.3) is 10.2 Å². The number of aromatic nitrogens is 1. The Bertz CT molecular complexity index is 1030. The number of hydrogen-bond donors (Lipinski definition) is 1. The molecule has 3 rings (SSSR count). The minimum absolute atomic E-state index is 0.0235. The van der Waals surface area contributed by atoms with E-state index >= 15 is 0 Å². The molecular weight excluding hydrogens is 372 g/mol. The Hall–Kier alpha value is -2.32. The summed E-state index contributed by atoms with van der Waals surface area (Å²) in [5.41, 5.74) is 1.36. The molecule has 0 fully saturated rings. The summed E-state index contributed by atoms with van der Waals surface area (Å²) in [5, 5.41) is 1.05. The van der Waals surface area contributed by atoms with Crippen molar-refractivity contribution in [1.82, 2.24) is 4.98 Å². The largest absolute Gasteiger partial charge is 0.497 e. The number of nitrogens with zero attached hydrogens (tertiary/aromatic N) is 1. The van der Waals surface area contributed by atoms with E-state index in [-0.39, 0.29) is 10.6 Å². The molecular formula is C18H20N2O4S2. The molecule has 0 unspecified atom stereocenters. The maximum absolute atomic E-state index is 12.8. The fourth-order valence-electron chi connectivity index (χ4n) is 2.56. The highest BCUT2D eigenvalue weighted by Crippen LogP contribution is 2.31. The van der Waals surface area contributed by atoms with Gasteiger partial charge in [-0.05, 0) is 43.2 Å². The third-order valence-corrected chi connectivity index (χ3v) is 6.29. The van der Waals surface area contributed by atoms with Crippen molar-refractivity contribution in [1.29, 1.82) is 0 Å². The number of benzene rings is 2. The molecule has 2 aromatic carbocycles. The number of nitrogens with one attached hydrogen (secondary N) is 1. The van der Waals surface area contributed by atoms with Crippen LogP contribution in [0.15, 0.2) is 41.3 Å². The predicted molar refractivity (Wildman–Crippen MR) is 104 cm³/mol. The molecule has 0 aliphatic rings. The Labute approximate surface area is 156 Å². The third kappa shape index (κ3) is 3.76. The van der Waals surface area contributed by atoms with Crippen molar-refractivity contribution in [2.24, 2.45) is 0 Å². The van der Waals surface area contributed by atoms with E-state index in [4.69, 9.17) is 9.47 Å². The lowest BCUT2D eigenvalue weighted by atomic mass is 10.3. The first kappa shape index (κ1) is 18.5. The first-order valence-corrected chi connectivity index (χ1v) is 10.4. The molecule has 138 valence electrons. The fourth-order valence-corrected chi connectivity index (χ4v) is 4.90. The molecule has 1 N–H and O–H groups in total. The van der Waals surface area contributed by atoms with Crippen LogP contribution in [0.3, 0.4) is 0 Å². The first-order chi connectivity index (χ1) is 12.5. The maximum Gasteiger partial charge on any atom is 0.265 e. The highest BCUT2D eigenvalue weighted by atomic mass is 32.2. The standard InChI is InChI=1S/C18H20N2O4S2/c1-4-5-18-19-14-8-6-12(10-16(14)25-18)20-26(21,22)17-11-13(23-2)7-9-15(17)24-3/h6-11,20H,4-5H2,1-3H3. The second kappa shape index (κ2) is 7.51. The van der Waals surface area contributed by atoms with Gasteiger partial charge in [-0.1, -0.05) is 6.92 Å². The molecule has 0 radical (unpaired) electrons. The summed E-state index contributed by atoms with van der Waals surface area (Å²) in [5.74, 6) is 0.690. The van der Waals surface area contributed by atoms with Gasteiger partial charge in [-0.25, -0.2) is 13.4 Å². The summed E-state index contributed by atoms with van der Waals surface area (Å²) in [6, 6.07) is 9.99. The molecule has 0 amide bonds. The average Bonchev–Trinajstić information content (AvgIpc) is 3.02. The Morgan fingerprint density at radius 3 is 2.62 bits per heavy atom. The van der Waals surface area contributed by atoms with E-state index in [9.17, 15) is 8.42 Å². The number of thiazole rings is 1. The van der Waals surface area contributed by atoms with E-state index in [1.54, 1.807) is 35.6 Å². The van der Waals surface area contributed by atoms with Gasteiger partial charge in [-0.15, -0.1) is 11.3 Å². The molecule has 0 saturated carbocycles. The molecule has 3 aromatic rings. The molecule has 0 spiro atoms. The van der Waals surface area contributed by atoms with E-state index < -0.39 is 10.0 Å². The molecule has 8 heteroatoms. The first-order valence-electron chi connectivity index (χ1n) is 8.11. The minimum Gasteiger partial charge on any atom is -0.497 e. The Balaban J connectivity index is 1.95. The molecule has 1 heterocycles. The summed E-state index contributed by atoms with van der Waals surface area (Å²) in [7, 11) is -0.918. The lowest BCUT2D eigenvalue weighted by Gasteiger charge is -2.12. The van der Waals surface area contributed by atoms with Crippen molar-refractivity contribution >= 4 is 37.3 Å². The lowest BCUT2D eigenvalue weighted by Crippen LogP contribution is -2.14. The SMILES string of the molecule is CCCc1nc2ccc(NS(=O)(=O)c3cc(OC)ccc3OC)cc2s1. The van der Waals surface area contributed by atoms with Crippen LogP contribution in [0.1, 0.15) is 18.4 Å². The van der Waals surface area contributed by atoms with Crippen LogP contribution in [-0.4, -0.2) is 27.6 Å². The van der Waals surface area contributed by atoms with E-state index in [0.717, 1.165) is 28.1 Å². The zero-order chi connectivity index (χ0) is 18.7. The molecule has 1 aromatic heterocycles. The Kier molecular flexibility index (Phi) is 5.33. The van der Waals surface area contributed by atoms with Crippen LogP contribution < -0.4 is 14.2 Å². The highest BCUT2D eigenvalue weighted by Gasteiger charge is 2.21. The number of rotatable bonds is 7. The van der Waals surface area contributed by atoms with Gasteiger partial charge in [-0.3, -0.25) is 4.72 Å². The third-order valence-electron chi connectivity index (χ3n) is 3.81. The van der Waals surface area contributed by atoms with Gasteiger partial charge in [0.25, 0.3) is 10.0 Å². The summed E-state index contributed by atoms with van der Waals surface area (Å²) in [4.78, 5) is 4.58. The van der Waals surface area contributed by atoms with E-state index in [1.807, 2.05) is 6.07 Å². The second-order valence-corrected chi connectivity index (χ2v) is 8.43. The van der Waals surface area contributed by atoms with Gasteiger partial charge >= 0.3 is 0 Å². The van der Waals surface area contributed by atoms with Crippen molar-refractivity contribution in [3.63, 3.8) is 0 Å². The topological polar surface area (TPSA) is 77.5 Å². The zero-order valence-corrected chi connectivity index (χ0v) is 16.4. The van der Waals surface area contributed by atoms with Crippen molar-refractivity contribution in [2.75, 3.05) is 18.9 Å². The number of hydrogen-bond acceptors (Lipinski definition) is 6. The summed E-state index contributed by atoms with van der Waals surface area (Å²) in [6.07, 6.45) is 1.94. The van der Waals surface area contributed by atoms with Gasteiger partial charge in [0, 0.05) is 6.07 Å². The van der Waals surface area contributed by atoms with E-state index in [2.05, 4.69) is 16.6 Å². The number of ether oxygens (including phenoxy) is 2. The van der Waals surface area contributed by atoms with Crippen LogP contribution in [0.5, 0.6) is 11.5 Å². The highest BCUT2D eigenvalue weighted by molar-refractivity contribution is 7.92. The molecule has 0 atom stereocenters. The van der Waals surface area contributed by atoms with Gasteiger partial charge in [0.05, 0.1) is 35.1 Å². The number of methoxy groups -OCH3 is 2. The van der Waals surface area contributed by atoms with Crippen LogP contribution in [-0.2, 0) is 16.4 Å². The van der Waals surface area contributed by atoms with E-state index in [1.165, 1.54) is 20.3 Å². The Morgan fingerprint density at radius 2 is 1.92 bits per heavy atom.